The van der Waals surface area contributed by atoms with Crippen LogP contribution in [0.15, 0.2) is 15.8 Å². The highest BCUT2D eigenvalue weighted by Crippen LogP contribution is 2.31. The van der Waals surface area contributed by atoms with Gasteiger partial charge in [-0.1, -0.05) is 0 Å². The second-order valence-electron chi connectivity index (χ2n) is 4.62. The highest BCUT2D eigenvalue weighted by molar-refractivity contribution is 14.1. The van der Waals surface area contributed by atoms with Crippen molar-refractivity contribution < 1.29 is 5.11 Å². The van der Waals surface area contributed by atoms with Crippen molar-refractivity contribution in [3.05, 3.63) is 30.6 Å². The van der Waals surface area contributed by atoms with Gasteiger partial charge in [-0.2, -0.15) is 0 Å². The standard InChI is InChI=1S/C11H15IN2O3/c12-9-5-14(11(17)13-10(9)16)4-7-1-2-8(3-7)6-15/h5,7-8,15H,1-4,6H2,(H,13,16,17)/t7-,8+/m1/s1. The van der Waals surface area contributed by atoms with E-state index in [9.17, 15) is 9.59 Å². The minimum atomic E-state index is -0.345. The average Bonchev–Trinajstić information content (AvgIpc) is 2.73. The van der Waals surface area contributed by atoms with E-state index in [0.717, 1.165) is 19.3 Å². The Morgan fingerprint density at radius 1 is 1.41 bits per heavy atom. The van der Waals surface area contributed by atoms with Crippen LogP contribution in [0.4, 0.5) is 0 Å². The molecule has 0 amide bonds. The zero-order valence-electron chi connectivity index (χ0n) is 9.36. The van der Waals surface area contributed by atoms with E-state index in [0.29, 0.717) is 22.0 Å². The van der Waals surface area contributed by atoms with E-state index in [1.807, 2.05) is 22.6 Å². The first-order valence-corrected chi connectivity index (χ1v) is 6.78. The van der Waals surface area contributed by atoms with Crippen molar-refractivity contribution in [2.75, 3.05) is 6.61 Å². The van der Waals surface area contributed by atoms with Gasteiger partial charge in [-0.25, -0.2) is 4.79 Å². The molecule has 17 heavy (non-hydrogen) atoms. The third-order valence-corrected chi connectivity index (χ3v) is 4.10. The molecule has 5 nitrogen and oxygen atoms in total. The Morgan fingerprint density at radius 3 is 2.76 bits per heavy atom. The van der Waals surface area contributed by atoms with Crippen LogP contribution in [0, 0.1) is 15.4 Å². The molecular weight excluding hydrogens is 335 g/mol. The number of aliphatic hydroxyl groups is 1. The van der Waals surface area contributed by atoms with E-state index in [2.05, 4.69) is 4.98 Å². The summed E-state index contributed by atoms with van der Waals surface area (Å²) in [7, 11) is 0. The van der Waals surface area contributed by atoms with E-state index < -0.39 is 0 Å². The Kier molecular flexibility index (Phi) is 4.03. The van der Waals surface area contributed by atoms with Gasteiger partial charge in [0.2, 0.25) is 0 Å². The van der Waals surface area contributed by atoms with E-state index in [-0.39, 0.29) is 17.9 Å². The largest absolute Gasteiger partial charge is 0.396 e. The maximum absolute atomic E-state index is 11.6. The van der Waals surface area contributed by atoms with Crippen LogP contribution in [-0.2, 0) is 6.54 Å². The van der Waals surface area contributed by atoms with Gasteiger partial charge in [0.15, 0.2) is 0 Å². The highest BCUT2D eigenvalue weighted by Gasteiger charge is 2.24. The number of hydrogen-bond acceptors (Lipinski definition) is 3. The van der Waals surface area contributed by atoms with Crippen molar-refractivity contribution in [3.63, 3.8) is 0 Å². The number of aromatic nitrogens is 2. The van der Waals surface area contributed by atoms with Crippen molar-refractivity contribution in [3.8, 4) is 0 Å². The Balaban J connectivity index is 2.12. The number of hydrogen-bond donors (Lipinski definition) is 2. The van der Waals surface area contributed by atoms with Crippen LogP contribution < -0.4 is 11.2 Å². The van der Waals surface area contributed by atoms with Gasteiger partial charge in [-0.15, -0.1) is 0 Å². The summed E-state index contributed by atoms with van der Waals surface area (Å²) in [6.45, 7) is 0.858. The van der Waals surface area contributed by atoms with Crippen LogP contribution in [0.3, 0.4) is 0 Å². The van der Waals surface area contributed by atoms with Crippen molar-refractivity contribution in [2.24, 2.45) is 11.8 Å². The minimum absolute atomic E-state index is 0.231. The summed E-state index contributed by atoms with van der Waals surface area (Å²) < 4.78 is 2.09. The summed E-state index contributed by atoms with van der Waals surface area (Å²) >= 11 is 1.92. The molecule has 1 aliphatic carbocycles. The molecule has 2 rings (SSSR count). The molecule has 0 aliphatic heterocycles. The van der Waals surface area contributed by atoms with Crippen LogP contribution in [0.25, 0.3) is 0 Å². The van der Waals surface area contributed by atoms with Gasteiger partial charge in [0.1, 0.15) is 0 Å². The van der Waals surface area contributed by atoms with Gasteiger partial charge in [-0.05, 0) is 53.7 Å². The molecule has 1 aromatic rings. The normalized spacial score (nSPS) is 24.1. The monoisotopic (exact) mass is 350 g/mol. The number of halogens is 1. The van der Waals surface area contributed by atoms with Crippen LogP contribution in [0.5, 0.6) is 0 Å². The van der Waals surface area contributed by atoms with Gasteiger partial charge in [0, 0.05) is 19.3 Å². The molecule has 1 aliphatic rings. The minimum Gasteiger partial charge on any atom is -0.396 e. The number of nitrogens with one attached hydrogen (secondary N) is 1. The molecule has 0 radical (unpaired) electrons. The second kappa shape index (κ2) is 5.34. The molecule has 0 spiro atoms. The fourth-order valence-corrected chi connectivity index (χ4v) is 2.88. The third kappa shape index (κ3) is 2.98. The van der Waals surface area contributed by atoms with Gasteiger partial charge in [0.05, 0.1) is 3.57 Å². The first-order valence-electron chi connectivity index (χ1n) is 5.70. The highest BCUT2D eigenvalue weighted by atomic mass is 127. The molecule has 0 bridgehead atoms. The van der Waals surface area contributed by atoms with E-state index in [1.54, 1.807) is 10.8 Å². The quantitative estimate of drug-likeness (QED) is 0.782. The molecule has 1 aromatic heterocycles. The molecule has 1 saturated carbocycles. The molecule has 2 atom stereocenters. The Morgan fingerprint density at radius 2 is 2.12 bits per heavy atom. The molecule has 0 aromatic carbocycles. The Hall–Kier alpha value is -0.630. The molecule has 0 unspecified atom stereocenters. The maximum Gasteiger partial charge on any atom is 0.328 e. The maximum atomic E-state index is 11.6. The van der Waals surface area contributed by atoms with Crippen molar-refractivity contribution >= 4 is 22.6 Å². The van der Waals surface area contributed by atoms with Gasteiger partial charge in [-0.3, -0.25) is 14.3 Å². The van der Waals surface area contributed by atoms with E-state index in [1.165, 1.54) is 0 Å². The lowest BCUT2D eigenvalue weighted by Gasteiger charge is -2.12. The summed E-state index contributed by atoms with van der Waals surface area (Å²) in [4.78, 5) is 25.1. The SMILES string of the molecule is O=c1[nH]c(=O)n(C[C@@H]2CC[C@H](CO)C2)cc1I. The number of aromatic amines is 1. The zero-order chi connectivity index (χ0) is 12.4. The van der Waals surface area contributed by atoms with Crippen LogP contribution in [0.1, 0.15) is 19.3 Å². The summed E-state index contributed by atoms with van der Waals surface area (Å²) in [6.07, 6.45) is 4.62. The van der Waals surface area contributed by atoms with E-state index >= 15 is 0 Å². The summed E-state index contributed by atoms with van der Waals surface area (Å²) in [6, 6.07) is 0. The number of rotatable bonds is 3. The summed E-state index contributed by atoms with van der Waals surface area (Å²) in [5.74, 6) is 0.795. The molecule has 0 saturated heterocycles. The smallest absolute Gasteiger partial charge is 0.328 e. The molecule has 1 heterocycles. The third-order valence-electron chi connectivity index (χ3n) is 3.33. The van der Waals surface area contributed by atoms with Crippen molar-refractivity contribution in [1.29, 1.82) is 0 Å². The average molecular weight is 350 g/mol. The lowest BCUT2D eigenvalue weighted by molar-refractivity contribution is 0.224. The van der Waals surface area contributed by atoms with Gasteiger partial charge in [0.25, 0.3) is 5.56 Å². The van der Waals surface area contributed by atoms with Crippen molar-refractivity contribution in [2.45, 2.75) is 25.8 Å². The van der Waals surface area contributed by atoms with E-state index in [4.69, 9.17) is 5.11 Å². The Bertz CT molecular complexity index is 508. The van der Waals surface area contributed by atoms with Crippen LogP contribution >= 0.6 is 22.6 Å². The van der Waals surface area contributed by atoms with Crippen molar-refractivity contribution in [1.82, 2.24) is 9.55 Å². The molecule has 2 N–H and O–H groups in total. The lowest BCUT2D eigenvalue weighted by atomic mass is 10.1. The molecule has 1 fully saturated rings. The molecule has 6 heteroatoms. The number of aliphatic hydroxyl groups excluding tert-OH is 1. The summed E-state index contributed by atoms with van der Waals surface area (Å²) in [5.41, 5.74) is -0.672. The first kappa shape index (κ1) is 12.8. The lowest BCUT2D eigenvalue weighted by Crippen LogP contribution is -2.32. The predicted octanol–water partition coefficient (Wildman–Crippen LogP) is 0.550. The Labute approximate surface area is 112 Å². The van der Waals surface area contributed by atoms with Gasteiger partial charge < -0.3 is 5.11 Å². The van der Waals surface area contributed by atoms with Gasteiger partial charge >= 0.3 is 5.69 Å². The topological polar surface area (TPSA) is 75.1 Å². The van der Waals surface area contributed by atoms with Crippen LogP contribution in [-0.4, -0.2) is 21.3 Å². The van der Waals surface area contributed by atoms with Crippen LogP contribution in [0.2, 0.25) is 0 Å². The fourth-order valence-electron chi connectivity index (χ4n) is 2.41. The molecular formula is C11H15IN2O3. The molecule has 94 valence electrons. The number of H-pyrrole nitrogens is 1. The summed E-state index contributed by atoms with van der Waals surface area (Å²) in [5, 5.41) is 9.07. The number of nitrogens with zero attached hydrogens (tertiary/aromatic N) is 1. The second-order valence-corrected chi connectivity index (χ2v) is 5.78. The zero-order valence-corrected chi connectivity index (χ0v) is 11.5. The predicted molar refractivity (Wildman–Crippen MR) is 72.0 cm³/mol. The fraction of sp³-hybridized carbons (Fsp3) is 0.636. The first-order chi connectivity index (χ1) is 8.10.